The maximum Gasteiger partial charge on any atom is 0.337 e. The van der Waals surface area contributed by atoms with Gasteiger partial charge < -0.3 is 15.2 Å². The van der Waals surface area contributed by atoms with E-state index in [4.69, 9.17) is 22.1 Å². The maximum absolute atomic E-state index is 12.6. The molecule has 0 fully saturated rings. The van der Waals surface area contributed by atoms with Crippen LogP contribution in [-0.2, 0) is 4.74 Å². The molecular weight excluding hydrogens is 346 g/mol. The van der Waals surface area contributed by atoms with Gasteiger partial charge in [0.05, 0.1) is 18.4 Å². The fraction of sp³-hybridized carbons (Fsp3) is 0.0556. The number of nitrogens with two attached hydrogens (primary N) is 1. The van der Waals surface area contributed by atoms with Crippen molar-refractivity contribution in [1.29, 1.82) is 0 Å². The van der Waals surface area contributed by atoms with E-state index in [-0.39, 0.29) is 38.9 Å². The average molecular weight is 358 g/mol. The standard InChI is InChI=1S/C18H12ClNO5/c1-24-18(23)9-6-7-13(12(20)8-9)25-17-14(19)15(21)10-4-2-3-5-11(10)16(17)22/h2-8H,20H2,1H3. The Kier molecular flexibility index (Phi) is 4.29. The van der Waals surface area contributed by atoms with Crippen molar-refractivity contribution in [2.45, 2.75) is 0 Å². The lowest BCUT2D eigenvalue weighted by Crippen LogP contribution is -2.23. The SMILES string of the molecule is COC(=O)c1ccc(OC2=C(Cl)C(=O)c3ccccc3C2=O)c(N)c1. The molecule has 0 atom stereocenters. The second-order valence-electron chi connectivity index (χ2n) is 5.19. The van der Waals surface area contributed by atoms with E-state index in [0.29, 0.717) is 0 Å². The number of ether oxygens (including phenoxy) is 2. The maximum atomic E-state index is 12.6. The Morgan fingerprint density at radius 1 is 1.04 bits per heavy atom. The number of carbonyl (C=O) groups is 3. The lowest BCUT2D eigenvalue weighted by atomic mass is 9.93. The highest BCUT2D eigenvalue weighted by Crippen LogP contribution is 2.32. The van der Waals surface area contributed by atoms with Crippen LogP contribution in [0.2, 0.25) is 0 Å². The van der Waals surface area contributed by atoms with Crippen molar-refractivity contribution in [3.8, 4) is 5.75 Å². The van der Waals surface area contributed by atoms with Gasteiger partial charge in [0.25, 0.3) is 0 Å². The number of ketones is 2. The van der Waals surface area contributed by atoms with Crippen LogP contribution in [0.5, 0.6) is 5.75 Å². The molecule has 0 aliphatic heterocycles. The van der Waals surface area contributed by atoms with Gasteiger partial charge in [0.15, 0.2) is 11.5 Å². The van der Waals surface area contributed by atoms with E-state index in [1.54, 1.807) is 12.1 Å². The van der Waals surface area contributed by atoms with E-state index in [2.05, 4.69) is 4.74 Å². The van der Waals surface area contributed by atoms with Gasteiger partial charge in [-0.2, -0.15) is 0 Å². The summed E-state index contributed by atoms with van der Waals surface area (Å²) in [5.74, 6) is -1.79. The van der Waals surface area contributed by atoms with E-state index in [0.717, 1.165) is 0 Å². The summed E-state index contributed by atoms with van der Waals surface area (Å²) in [6.07, 6.45) is 0. The number of rotatable bonds is 3. The molecule has 0 heterocycles. The second-order valence-corrected chi connectivity index (χ2v) is 5.57. The Labute approximate surface area is 147 Å². The normalized spacial score (nSPS) is 13.5. The number of carbonyl (C=O) groups excluding carboxylic acids is 3. The first-order valence-electron chi connectivity index (χ1n) is 7.18. The Morgan fingerprint density at radius 2 is 1.68 bits per heavy atom. The molecule has 0 saturated heterocycles. The molecule has 2 aromatic rings. The largest absolute Gasteiger partial charge is 0.465 e. The van der Waals surface area contributed by atoms with Crippen molar-refractivity contribution >= 4 is 34.8 Å². The second kappa shape index (κ2) is 6.41. The van der Waals surface area contributed by atoms with Gasteiger partial charge in [0.2, 0.25) is 11.6 Å². The molecule has 0 saturated carbocycles. The molecule has 1 aliphatic rings. The third-order valence-electron chi connectivity index (χ3n) is 3.66. The van der Waals surface area contributed by atoms with Gasteiger partial charge in [-0.05, 0) is 18.2 Å². The zero-order valence-electron chi connectivity index (χ0n) is 13.0. The molecule has 0 unspecified atom stereocenters. The van der Waals surface area contributed by atoms with Crippen LogP contribution in [0, 0.1) is 0 Å². The Bertz CT molecular complexity index is 948. The number of fused-ring (bicyclic) bond motifs is 1. The minimum absolute atomic E-state index is 0.0963. The molecule has 2 N–H and O–H groups in total. The number of nitrogen functional groups attached to an aromatic ring is 1. The Hall–Kier alpha value is -3.12. The molecule has 25 heavy (non-hydrogen) atoms. The molecule has 6 nitrogen and oxygen atoms in total. The van der Waals surface area contributed by atoms with Crippen molar-refractivity contribution in [3.63, 3.8) is 0 Å². The zero-order chi connectivity index (χ0) is 18.1. The topological polar surface area (TPSA) is 95.7 Å². The smallest absolute Gasteiger partial charge is 0.337 e. The molecule has 0 spiro atoms. The van der Waals surface area contributed by atoms with Crippen LogP contribution in [-0.4, -0.2) is 24.6 Å². The van der Waals surface area contributed by atoms with Crippen molar-refractivity contribution in [2.24, 2.45) is 0 Å². The summed E-state index contributed by atoms with van der Waals surface area (Å²) < 4.78 is 10.1. The van der Waals surface area contributed by atoms with Gasteiger partial charge in [0, 0.05) is 11.1 Å². The summed E-state index contributed by atoms with van der Waals surface area (Å²) in [5, 5.41) is -0.319. The van der Waals surface area contributed by atoms with Crippen molar-refractivity contribution < 1.29 is 23.9 Å². The van der Waals surface area contributed by atoms with Crippen LogP contribution in [0.4, 0.5) is 5.69 Å². The number of esters is 1. The third kappa shape index (κ3) is 2.88. The van der Waals surface area contributed by atoms with Crippen LogP contribution >= 0.6 is 11.6 Å². The fourth-order valence-electron chi connectivity index (χ4n) is 2.41. The summed E-state index contributed by atoms with van der Waals surface area (Å²) in [5.41, 5.74) is 6.60. The summed E-state index contributed by atoms with van der Waals surface area (Å²) in [4.78, 5) is 36.4. The lowest BCUT2D eigenvalue weighted by Gasteiger charge is -2.18. The molecule has 0 aromatic heterocycles. The number of Topliss-reactive ketones (excluding diaryl/α,β-unsaturated/α-hetero) is 2. The minimum Gasteiger partial charge on any atom is -0.465 e. The van der Waals surface area contributed by atoms with E-state index >= 15 is 0 Å². The average Bonchev–Trinajstić information content (AvgIpc) is 2.63. The molecule has 3 rings (SSSR count). The van der Waals surface area contributed by atoms with Crippen molar-refractivity contribution in [3.05, 3.63) is 69.9 Å². The number of hydrogen-bond donors (Lipinski definition) is 1. The third-order valence-corrected chi connectivity index (χ3v) is 4.01. The highest BCUT2D eigenvalue weighted by Gasteiger charge is 2.33. The number of halogens is 1. The molecule has 7 heteroatoms. The number of methoxy groups -OCH3 is 1. The molecule has 126 valence electrons. The summed E-state index contributed by atoms with van der Waals surface area (Å²) >= 11 is 6.03. The van der Waals surface area contributed by atoms with Crippen LogP contribution in [0.1, 0.15) is 31.1 Å². The van der Waals surface area contributed by atoms with Crippen molar-refractivity contribution in [1.82, 2.24) is 0 Å². The number of allylic oxidation sites excluding steroid dienone is 2. The summed E-state index contributed by atoms with van der Waals surface area (Å²) in [6.45, 7) is 0. The highest BCUT2D eigenvalue weighted by molar-refractivity contribution is 6.49. The van der Waals surface area contributed by atoms with E-state index in [9.17, 15) is 14.4 Å². The first-order valence-corrected chi connectivity index (χ1v) is 7.55. The molecular formula is C18H12ClNO5. The highest BCUT2D eigenvalue weighted by atomic mass is 35.5. The van der Waals surface area contributed by atoms with E-state index in [1.807, 2.05) is 0 Å². The predicted octanol–water partition coefficient (Wildman–Crippen LogP) is 2.96. The summed E-state index contributed by atoms with van der Waals surface area (Å²) in [6, 6.07) is 10.5. The monoisotopic (exact) mass is 357 g/mol. The van der Waals surface area contributed by atoms with Crippen LogP contribution in [0.3, 0.4) is 0 Å². The Morgan fingerprint density at radius 3 is 2.28 bits per heavy atom. The van der Waals surface area contributed by atoms with Gasteiger partial charge in [0.1, 0.15) is 5.03 Å². The Balaban J connectivity index is 1.98. The first kappa shape index (κ1) is 16.7. The number of hydrogen-bond acceptors (Lipinski definition) is 6. The van der Waals surface area contributed by atoms with Gasteiger partial charge >= 0.3 is 5.97 Å². The molecule has 0 radical (unpaired) electrons. The first-order chi connectivity index (χ1) is 11.9. The van der Waals surface area contributed by atoms with Crippen LogP contribution < -0.4 is 10.5 Å². The van der Waals surface area contributed by atoms with E-state index < -0.39 is 17.5 Å². The number of benzene rings is 2. The van der Waals surface area contributed by atoms with Crippen LogP contribution in [0.15, 0.2) is 53.3 Å². The lowest BCUT2D eigenvalue weighted by molar-refractivity contribution is 0.0600. The van der Waals surface area contributed by atoms with Crippen LogP contribution in [0.25, 0.3) is 0 Å². The zero-order valence-corrected chi connectivity index (χ0v) is 13.8. The molecule has 1 aliphatic carbocycles. The quantitative estimate of drug-likeness (QED) is 0.670. The van der Waals surface area contributed by atoms with Crippen molar-refractivity contribution in [2.75, 3.05) is 12.8 Å². The molecule has 0 amide bonds. The van der Waals surface area contributed by atoms with Gasteiger partial charge in [-0.15, -0.1) is 0 Å². The van der Waals surface area contributed by atoms with Gasteiger partial charge in [-0.3, -0.25) is 9.59 Å². The molecule has 0 bridgehead atoms. The molecule has 2 aromatic carbocycles. The number of anilines is 1. The predicted molar refractivity (Wildman–Crippen MR) is 90.8 cm³/mol. The van der Waals surface area contributed by atoms with Gasteiger partial charge in [-0.1, -0.05) is 35.9 Å². The van der Waals surface area contributed by atoms with Gasteiger partial charge in [-0.25, -0.2) is 4.79 Å². The fourth-order valence-corrected chi connectivity index (χ4v) is 2.64. The summed E-state index contributed by atoms with van der Waals surface area (Å²) in [7, 11) is 1.25. The minimum atomic E-state index is -0.562. The van der Waals surface area contributed by atoms with E-state index in [1.165, 1.54) is 37.4 Å².